The largest absolute Gasteiger partial charge is 0.472 e. The van der Waals surface area contributed by atoms with E-state index in [0.29, 0.717) is 31.6 Å². The predicted octanol–water partition coefficient (Wildman–Crippen LogP) is 18.9. The Hall–Kier alpha value is -1.94. The molecule has 0 amide bonds. The molecule has 17 nitrogen and oxygen atoms in total. The highest BCUT2D eigenvalue weighted by Crippen LogP contribution is 2.45. The van der Waals surface area contributed by atoms with Crippen molar-refractivity contribution in [1.82, 2.24) is 0 Å². The van der Waals surface area contributed by atoms with Crippen molar-refractivity contribution in [3.05, 3.63) is 0 Å². The molecule has 0 aliphatic heterocycles. The van der Waals surface area contributed by atoms with Gasteiger partial charge < -0.3 is 33.8 Å². The van der Waals surface area contributed by atoms with E-state index in [1.165, 1.54) is 135 Å². The molecule has 0 aromatic carbocycles. The van der Waals surface area contributed by atoms with Crippen LogP contribution in [0.4, 0.5) is 0 Å². The summed E-state index contributed by atoms with van der Waals surface area (Å²) in [5, 5.41) is 10.6. The topological polar surface area (TPSA) is 237 Å². The minimum Gasteiger partial charge on any atom is -0.462 e. The summed E-state index contributed by atoms with van der Waals surface area (Å²) < 4.78 is 68.1. The number of hydrogen-bond donors (Lipinski definition) is 3. The van der Waals surface area contributed by atoms with Crippen molar-refractivity contribution in [2.24, 2.45) is 23.7 Å². The molecular formula is C68H132O17P2. The number of phosphoric ester groups is 2. The zero-order valence-electron chi connectivity index (χ0n) is 56.6. The van der Waals surface area contributed by atoms with Gasteiger partial charge in [0.25, 0.3) is 0 Å². The van der Waals surface area contributed by atoms with E-state index in [4.69, 9.17) is 37.0 Å². The maximum atomic E-state index is 13.0. The Balaban J connectivity index is 5.19. The van der Waals surface area contributed by atoms with Gasteiger partial charge in [0.05, 0.1) is 26.4 Å². The third kappa shape index (κ3) is 61.3. The van der Waals surface area contributed by atoms with Gasteiger partial charge in [-0.25, -0.2) is 9.13 Å². The number of esters is 4. The van der Waals surface area contributed by atoms with E-state index >= 15 is 0 Å². The molecule has 87 heavy (non-hydrogen) atoms. The number of unbranched alkanes of at least 4 members (excludes halogenated alkanes) is 30. The summed E-state index contributed by atoms with van der Waals surface area (Å²) in [6.07, 6.45) is 39.3. The van der Waals surface area contributed by atoms with Crippen molar-refractivity contribution in [2.75, 3.05) is 39.6 Å². The van der Waals surface area contributed by atoms with E-state index < -0.39 is 97.5 Å². The number of carbonyl (C=O) groups is 4. The summed E-state index contributed by atoms with van der Waals surface area (Å²) >= 11 is 0. The van der Waals surface area contributed by atoms with E-state index in [1.54, 1.807) is 0 Å². The summed E-state index contributed by atoms with van der Waals surface area (Å²) in [6, 6.07) is 0. The highest BCUT2D eigenvalue weighted by molar-refractivity contribution is 7.47. The number of aliphatic hydroxyl groups is 1. The monoisotopic (exact) mass is 1280 g/mol. The Morgan fingerprint density at radius 3 is 0.816 bits per heavy atom. The summed E-state index contributed by atoms with van der Waals surface area (Å²) in [4.78, 5) is 72.3. The van der Waals surface area contributed by atoms with Crippen LogP contribution in [0.2, 0.25) is 0 Å². The van der Waals surface area contributed by atoms with Gasteiger partial charge in [-0.05, 0) is 49.4 Å². The molecule has 0 aromatic rings. The van der Waals surface area contributed by atoms with Crippen molar-refractivity contribution in [3.8, 4) is 0 Å². The van der Waals surface area contributed by atoms with Gasteiger partial charge in [-0.15, -0.1) is 0 Å². The molecule has 4 unspecified atom stereocenters. The molecule has 0 aromatic heterocycles. The molecule has 0 saturated heterocycles. The number of ether oxygens (including phenoxy) is 4. The number of carbonyl (C=O) groups excluding carboxylic acids is 4. The molecular weight excluding hydrogens is 1150 g/mol. The molecule has 0 spiro atoms. The number of hydrogen-bond acceptors (Lipinski definition) is 15. The zero-order chi connectivity index (χ0) is 64.7. The third-order valence-corrected chi connectivity index (χ3v) is 17.8. The quantitative estimate of drug-likeness (QED) is 0.0222. The third-order valence-electron chi connectivity index (χ3n) is 15.9. The standard InChI is InChI=1S/C68H132O17P2/c1-9-61(8)47-39-31-25-27-35-43-51-68(73)85-64(55-78-65(70)48-40-32-22-17-15-13-11-10-12-14-16-20-28-36-44-58(2)3)57-83-87(76,77)81-53-62(69)52-80-86(74,75)82-56-63(84-67(72)50-42-34-26-24-30-38-46-60(6)7)54-79-66(71)49-41-33-23-19-18-21-29-37-45-59(4)5/h58-64,69H,9-57H2,1-8H3,(H,74,75)(H,76,77)/t61?,62?,63-,64-/m1/s1. The first-order valence-corrected chi connectivity index (χ1v) is 38.2. The lowest BCUT2D eigenvalue weighted by Crippen LogP contribution is -2.30. The summed E-state index contributed by atoms with van der Waals surface area (Å²) in [5.41, 5.74) is 0. The van der Waals surface area contributed by atoms with Crippen LogP contribution in [0.3, 0.4) is 0 Å². The summed E-state index contributed by atoms with van der Waals surface area (Å²) in [7, 11) is -9.90. The molecule has 0 rings (SSSR count). The van der Waals surface area contributed by atoms with Crippen LogP contribution in [0.1, 0.15) is 331 Å². The molecule has 3 N–H and O–H groups in total. The highest BCUT2D eigenvalue weighted by Gasteiger charge is 2.30. The second kappa shape index (κ2) is 57.9. The first kappa shape index (κ1) is 85.1. The van der Waals surface area contributed by atoms with Gasteiger partial charge in [-0.2, -0.15) is 0 Å². The molecule has 0 aliphatic rings. The van der Waals surface area contributed by atoms with Crippen molar-refractivity contribution < 1.29 is 80.2 Å². The van der Waals surface area contributed by atoms with E-state index in [-0.39, 0.29) is 25.7 Å². The van der Waals surface area contributed by atoms with Crippen LogP contribution < -0.4 is 0 Å². The van der Waals surface area contributed by atoms with Gasteiger partial charge in [-0.1, -0.05) is 280 Å². The fraction of sp³-hybridized carbons (Fsp3) is 0.941. The fourth-order valence-electron chi connectivity index (χ4n) is 10.1. The van der Waals surface area contributed by atoms with Crippen molar-refractivity contribution >= 4 is 39.5 Å². The highest BCUT2D eigenvalue weighted by atomic mass is 31.2. The summed E-state index contributed by atoms with van der Waals surface area (Å²) in [6.45, 7) is 14.0. The maximum absolute atomic E-state index is 13.0. The fourth-order valence-corrected chi connectivity index (χ4v) is 11.7. The lowest BCUT2D eigenvalue weighted by molar-refractivity contribution is -0.161. The average Bonchev–Trinajstić information content (AvgIpc) is 3.52. The Kier molecular flexibility index (Phi) is 56.6. The number of phosphoric acid groups is 2. The first-order valence-electron chi connectivity index (χ1n) is 35.2. The Labute approximate surface area is 530 Å². The Bertz CT molecular complexity index is 1730. The van der Waals surface area contributed by atoms with Crippen LogP contribution in [-0.4, -0.2) is 96.7 Å². The predicted molar refractivity (Wildman–Crippen MR) is 349 cm³/mol. The smallest absolute Gasteiger partial charge is 0.462 e. The van der Waals surface area contributed by atoms with E-state index in [9.17, 15) is 43.2 Å². The first-order chi connectivity index (χ1) is 41.6. The molecule has 0 saturated carbocycles. The molecule has 0 heterocycles. The van der Waals surface area contributed by atoms with Crippen LogP contribution in [0.25, 0.3) is 0 Å². The minimum atomic E-state index is -4.95. The minimum absolute atomic E-state index is 0.101. The molecule has 0 fully saturated rings. The van der Waals surface area contributed by atoms with Gasteiger partial charge >= 0.3 is 39.5 Å². The lowest BCUT2D eigenvalue weighted by atomic mass is 10.00. The average molecular weight is 1280 g/mol. The maximum Gasteiger partial charge on any atom is 0.472 e. The van der Waals surface area contributed by atoms with Crippen LogP contribution in [0.15, 0.2) is 0 Å². The second-order valence-corrected chi connectivity index (χ2v) is 29.1. The van der Waals surface area contributed by atoms with E-state index in [2.05, 4.69) is 55.4 Å². The van der Waals surface area contributed by atoms with E-state index in [1.807, 2.05) is 0 Å². The van der Waals surface area contributed by atoms with Gasteiger partial charge in [0.15, 0.2) is 12.2 Å². The van der Waals surface area contributed by atoms with Gasteiger partial charge in [-0.3, -0.25) is 37.3 Å². The van der Waals surface area contributed by atoms with Gasteiger partial charge in [0.1, 0.15) is 19.3 Å². The zero-order valence-corrected chi connectivity index (χ0v) is 58.4. The van der Waals surface area contributed by atoms with Crippen molar-refractivity contribution in [2.45, 2.75) is 350 Å². The van der Waals surface area contributed by atoms with E-state index in [0.717, 1.165) is 108 Å². The number of aliphatic hydroxyl groups excluding tert-OH is 1. The molecule has 0 radical (unpaired) electrons. The Morgan fingerprint density at radius 2 is 0.552 bits per heavy atom. The SMILES string of the molecule is CCC(C)CCCCCCCCC(=O)O[C@H](COC(=O)CCCCCCCCCCCCCCCCC(C)C)COP(=O)(O)OCC(O)COP(=O)(O)OC[C@@H](COC(=O)CCCCCCCCCCC(C)C)OC(=O)CCCCCCCCC(C)C. The Morgan fingerprint density at radius 1 is 0.322 bits per heavy atom. The molecule has 19 heteroatoms. The molecule has 6 atom stereocenters. The van der Waals surface area contributed by atoms with Crippen molar-refractivity contribution in [3.63, 3.8) is 0 Å². The van der Waals surface area contributed by atoms with Crippen LogP contribution in [-0.2, 0) is 65.4 Å². The number of rotatable bonds is 65. The van der Waals surface area contributed by atoms with Gasteiger partial charge in [0, 0.05) is 25.7 Å². The molecule has 516 valence electrons. The van der Waals surface area contributed by atoms with Crippen LogP contribution in [0, 0.1) is 23.7 Å². The lowest BCUT2D eigenvalue weighted by Gasteiger charge is -2.21. The van der Waals surface area contributed by atoms with Crippen LogP contribution in [0.5, 0.6) is 0 Å². The normalized spacial score (nSPS) is 14.6. The molecule has 0 aliphatic carbocycles. The molecule has 0 bridgehead atoms. The van der Waals surface area contributed by atoms with Gasteiger partial charge in [0.2, 0.25) is 0 Å². The van der Waals surface area contributed by atoms with Crippen molar-refractivity contribution in [1.29, 1.82) is 0 Å². The summed E-state index contributed by atoms with van der Waals surface area (Å²) in [5.74, 6) is 0.776. The van der Waals surface area contributed by atoms with Crippen LogP contribution >= 0.6 is 15.6 Å². The second-order valence-electron chi connectivity index (χ2n) is 26.2.